The summed E-state index contributed by atoms with van der Waals surface area (Å²) in [5, 5.41) is 12.7. The largest absolute Gasteiger partial charge is 0.396 e. The number of nitrogens with zero attached hydrogens (tertiary/aromatic N) is 1. The molecular formula is C16H34N2O. The smallest absolute Gasteiger partial charge is 0.0434 e. The highest BCUT2D eigenvalue weighted by Gasteiger charge is 2.31. The first kappa shape index (κ1) is 16.9. The average Bonchev–Trinajstić information content (AvgIpc) is 2.85. The van der Waals surface area contributed by atoms with Crippen LogP contribution in [-0.2, 0) is 0 Å². The van der Waals surface area contributed by atoms with Crippen LogP contribution >= 0.6 is 0 Å². The van der Waals surface area contributed by atoms with Crippen molar-refractivity contribution >= 4 is 0 Å². The first-order chi connectivity index (χ1) is 9.19. The van der Waals surface area contributed by atoms with Crippen molar-refractivity contribution in [2.45, 2.75) is 52.9 Å². The van der Waals surface area contributed by atoms with Gasteiger partial charge in [-0.2, -0.15) is 0 Å². The minimum Gasteiger partial charge on any atom is -0.396 e. The predicted octanol–water partition coefficient (Wildman–Crippen LogP) is 2.50. The summed E-state index contributed by atoms with van der Waals surface area (Å²) < 4.78 is 0. The van der Waals surface area contributed by atoms with Crippen LogP contribution < -0.4 is 5.32 Å². The van der Waals surface area contributed by atoms with Gasteiger partial charge in [-0.1, -0.05) is 20.8 Å². The first-order valence-corrected chi connectivity index (χ1v) is 8.23. The third-order valence-electron chi connectivity index (χ3n) is 4.89. The average molecular weight is 270 g/mol. The Morgan fingerprint density at radius 1 is 1.26 bits per heavy atom. The molecule has 19 heavy (non-hydrogen) atoms. The lowest BCUT2D eigenvalue weighted by Crippen LogP contribution is -2.43. The Morgan fingerprint density at radius 2 is 2.00 bits per heavy atom. The van der Waals surface area contributed by atoms with Gasteiger partial charge in [0, 0.05) is 26.2 Å². The minimum absolute atomic E-state index is 0.350. The summed E-state index contributed by atoms with van der Waals surface area (Å²) >= 11 is 0. The van der Waals surface area contributed by atoms with Crippen molar-refractivity contribution in [2.75, 3.05) is 39.3 Å². The van der Waals surface area contributed by atoms with E-state index >= 15 is 0 Å². The van der Waals surface area contributed by atoms with Crippen LogP contribution in [0.5, 0.6) is 0 Å². The monoisotopic (exact) mass is 270 g/mol. The van der Waals surface area contributed by atoms with Gasteiger partial charge in [0.2, 0.25) is 0 Å². The molecule has 1 aliphatic rings. The van der Waals surface area contributed by atoms with Gasteiger partial charge in [0.05, 0.1) is 0 Å². The second kappa shape index (κ2) is 8.93. The molecule has 0 bridgehead atoms. The van der Waals surface area contributed by atoms with Crippen LogP contribution in [0.15, 0.2) is 0 Å². The van der Waals surface area contributed by atoms with Crippen LogP contribution in [0.2, 0.25) is 0 Å². The molecule has 1 heterocycles. The van der Waals surface area contributed by atoms with Gasteiger partial charge in [-0.15, -0.1) is 0 Å². The maximum Gasteiger partial charge on any atom is 0.0434 e. The van der Waals surface area contributed by atoms with Crippen molar-refractivity contribution in [1.29, 1.82) is 0 Å². The normalized spacial score (nSPS) is 21.2. The Labute approximate surface area is 119 Å². The maximum absolute atomic E-state index is 9.05. The molecule has 0 spiro atoms. The molecule has 2 N–H and O–H groups in total. The van der Waals surface area contributed by atoms with E-state index in [-0.39, 0.29) is 0 Å². The van der Waals surface area contributed by atoms with Crippen LogP contribution in [0, 0.1) is 11.3 Å². The minimum atomic E-state index is 0.350. The van der Waals surface area contributed by atoms with Crippen LogP contribution in [0.4, 0.5) is 0 Å². The van der Waals surface area contributed by atoms with Crippen LogP contribution in [0.1, 0.15) is 52.9 Å². The predicted molar refractivity (Wildman–Crippen MR) is 82.4 cm³/mol. The van der Waals surface area contributed by atoms with E-state index in [2.05, 4.69) is 31.0 Å². The summed E-state index contributed by atoms with van der Waals surface area (Å²) in [5.74, 6) is 0.722. The van der Waals surface area contributed by atoms with Crippen molar-refractivity contribution in [3.8, 4) is 0 Å². The standard InChI is InChI=1S/C16H34N2O/c1-4-9-17-13-16(5-2,6-3)14-18-10-7-15(12-18)8-11-19/h15,17,19H,4-14H2,1-3H3. The van der Waals surface area contributed by atoms with Crippen molar-refractivity contribution < 1.29 is 5.11 Å². The molecule has 0 aromatic rings. The van der Waals surface area contributed by atoms with E-state index in [0.29, 0.717) is 12.0 Å². The second-order valence-electron chi connectivity index (χ2n) is 6.29. The Balaban J connectivity index is 2.44. The molecule has 114 valence electrons. The van der Waals surface area contributed by atoms with E-state index in [1.165, 1.54) is 45.3 Å². The molecule has 1 aliphatic heterocycles. The number of nitrogens with one attached hydrogen (secondary N) is 1. The van der Waals surface area contributed by atoms with E-state index in [0.717, 1.165) is 25.4 Å². The van der Waals surface area contributed by atoms with Crippen LogP contribution in [0.25, 0.3) is 0 Å². The zero-order chi connectivity index (χ0) is 14.1. The quantitative estimate of drug-likeness (QED) is 0.599. The van der Waals surface area contributed by atoms with Crippen molar-refractivity contribution in [3.05, 3.63) is 0 Å². The molecular weight excluding hydrogens is 236 g/mol. The number of hydrogen-bond donors (Lipinski definition) is 2. The highest BCUT2D eigenvalue weighted by atomic mass is 16.3. The van der Waals surface area contributed by atoms with Gasteiger partial charge in [0.1, 0.15) is 0 Å². The van der Waals surface area contributed by atoms with E-state index in [1.807, 2.05) is 0 Å². The lowest BCUT2D eigenvalue weighted by atomic mass is 9.81. The highest BCUT2D eigenvalue weighted by Crippen LogP contribution is 2.30. The summed E-state index contributed by atoms with van der Waals surface area (Å²) in [5.41, 5.74) is 0.434. The Morgan fingerprint density at radius 3 is 2.58 bits per heavy atom. The van der Waals surface area contributed by atoms with Gasteiger partial charge < -0.3 is 15.3 Å². The molecule has 1 rings (SSSR count). The molecule has 0 saturated carbocycles. The lowest BCUT2D eigenvalue weighted by molar-refractivity contribution is 0.149. The fourth-order valence-electron chi connectivity index (χ4n) is 3.26. The fourth-order valence-corrected chi connectivity index (χ4v) is 3.26. The number of hydrogen-bond acceptors (Lipinski definition) is 3. The van der Waals surface area contributed by atoms with Crippen LogP contribution in [0.3, 0.4) is 0 Å². The van der Waals surface area contributed by atoms with E-state index in [1.54, 1.807) is 0 Å². The van der Waals surface area contributed by atoms with Crippen LogP contribution in [-0.4, -0.2) is 49.3 Å². The van der Waals surface area contributed by atoms with Gasteiger partial charge >= 0.3 is 0 Å². The SMILES string of the molecule is CCCNCC(CC)(CC)CN1CCC(CCO)C1. The summed E-state index contributed by atoms with van der Waals surface area (Å²) in [4.78, 5) is 2.63. The Bertz CT molecular complexity index is 229. The van der Waals surface area contributed by atoms with Gasteiger partial charge in [-0.3, -0.25) is 0 Å². The molecule has 1 unspecified atom stereocenters. The third-order valence-corrected chi connectivity index (χ3v) is 4.89. The summed E-state index contributed by atoms with van der Waals surface area (Å²) in [6.07, 6.45) is 5.97. The summed E-state index contributed by atoms with van der Waals surface area (Å²) in [6.45, 7) is 13.2. The molecule has 1 atom stereocenters. The van der Waals surface area contributed by atoms with Crippen molar-refractivity contribution in [3.63, 3.8) is 0 Å². The van der Waals surface area contributed by atoms with E-state index in [9.17, 15) is 0 Å². The Hall–Kier alpha value is -0.120. The molecule has 1 fully saturated rings. The molecule has 3 nitrogen and oxygen atoms in total. The van der Waals surface area contributed by atoms with Crippen molar-refractivity contribution in [1.82, 2.24) is 10.2 Å². The fraction of sp³-hybridized carbons (Fsp3) is 1.00. The molecule has 1 saturated heterocycles. The molecule has 0 amide bonds. The van der Waals surface area contributed by atoms with Gasteiger partial charge in [-0.25, -0.2) is 0 Å². The number of likely N-dealkylation sites (tertiary alicyclic amines) is 1. The summed E-state index contributed by atoms with van der Waals surface area (Å²) in [7, 11) is 0. The van der Waals surface area contributed by atoms with Gasteiger partial charge in [0.15, 0.2) is 0 Å². The van der Waals surface area contributed by atoms with Gasteiger partial charge in [0.25, 0.3) is 0 Å². The molecule has 0 aromatic heterocycles. The molecule has 0 aliphatic carbocycles. The topological polar surface area (TPSA) is 35.5 Å². The number of rotatable bonds is 10. The summed E-state index contributed by atoms with van der Waals surface area (Å²) in [6, 6.07) is 0. The number of aliphatic hydroxyl groups excluding tert-OH is 1. The lowest BCUT2D eigenvalue weighted by Gasteiger charge is -2.36. The van der Waals surface area contributed by atoms with Gasteiger partial charge in [-0.05, 0) is 56.5 Å². The van der Waals surface area contributed by atoms with Crippen molar-refractivity contribution in [2.24, 2.45) is 11.3 Å². The zero-order valence-corrected chi connectivity index (χ0v) is 13.2. The third kappa shape index (κ3) is 5.41. The van der Waals surface area contributed by atoms with E-state index in [4.69, 9.17) is 5.11 Å². The molecule has 0 radical (unpaired) electrons. The first-order valence-electron chi connectivity index (χ1n) is 8.23. The molecule has 0 aromatic carbocycles. The van der Waals surface area contributed by atoms with E-state index < -0.39 is 0 Å². The second-order valence-corrected chi connectivity index (χ2v) is 6.29. The number of aliphatic hydroxyl groups is 1. The maximum atomic E-state index is 9.05. The molecule has 3 heteroatoms. The zero-order valence-electron chi connectivity index (χ0n) is 13.2. The Kier molecular flexibility index (Phi) is 7.96. The highest BCUT2D eigenvalue weighted by molar-refractivity contribution is 4.86.